The molecule has 0 N–H and O–H groups in total. The Bertz CT molecular complexity index is 324. The van der Waals surface area contributed by atoms with Crippen LogP contribution < -0.4 is 0 Å². The standard InChI is InChI=1S/C13H16O/c1-10-5-7-11(8-6-10)9-12-3-2-4-13(12)14/h5-8,12H,2-4,9H2,1H3. The van der Waals surface area contributed by atoms with Gasteiger partial charge in [-0.05, 0) is 31.7 Å². The van der Waals surface area contributed by atoms with Gasteiger partial charge >= 0.3 is 0 Å². The number of Topliss-reactive ketones (excluding diaryl/α,β-unsaturated/α-hetero) is 1. The van der Waals surface area contributed by atoms with Gasteiger partial charge in [0.1, 0.15) is 5.78 Å². The molecule has 0 saturated heterocycles. The van der Waals surface area contributed by atoms with E-state index in [9.17, 15) is 4.79 Å². The Kier molecular flexibility index (Phi) is 2.67. The van der Waals surface area contributed by atoms with Crippen molar-refractivity contribution in [3.8, 4) is 0 Å². The largest absolute Gasteiger partial charge is 0.299 e. The lowest BCUT2D eigenvalue weighted by molar-refractivity contribution is -0.120. The van der Waals surface area contributed by atoms with Crippen LogP contribution in [0.25, 0.3) is 0 Å². The van der Waals surface area contributed by atoms with Gasteiger partial charge in [0.25, 0.3) is 0 Å². The lowest BCUT2D eigenvalue weighted by Crippen LogP contribution is -2.09. The summed E-state index contributed by atoms with van der Waals surface area (Å²) in [6.07, 6.45) is 3.93. The molecule has 1 heteroatoms. The number of carbonyl (C=O) groups is 1. The monoisotopic (exact) mass is 188 g/mol. The fourth-order valence-corrected chi connectivity index (χ4v) is 2.11. The molecule has 0 radical (unpaired) electrons. The summed E-state index contributed by atoms with van der Waals surface area (Å²) in [5, 5.41) is 0. The zero-order chi connectivity index (χ0) is 9.97. The lowest BCUT2D eigenvalue weighted by atomic mass is 9.97. The highest BCUT2D eigenvalue weighted by Crippen LogP contribution is 2.24. The highest BCUT2D eigenvalue weighted by atomic mass is 16.1. The fraction of sp³-hybridized carbons (Fsp3) is 0.462. The third kappa shape index (κ3) is 2.03. The van der Waals surface area contributed by atoms with Crippen LogP contribution in [0.4, 0.5) is 0 Å². The molecule has 1 aromatic carbocycles. The molecule has 0 heterocycles. The van der Waals surface area contributed by atoms with E-state index in [-0.39, 0.29) is 0 Å². The molecule has 1 aliphatic rings. The fourth-order valence-electron chi connectivity index (χ4n) is 2.11. The minimum atomic E-state index is 0.303. The van der Waals surface area contributed by atoms with Crippen LogP contribution in [0.15, 0.2) is 24.3 Å². The van der Waals surface area contributed by atoms with E-state index < -0.39 is 0 Å². The van der Waals surface area contributed by atoms with Crippen LogP contribution in [0.5, 0.6) is 0 Å². The first-order valence-corrected chi connectivity index (χ1v) is 5.34. The number of hydrogen-bond acceptors (Lipinski definition) is 1. The van der Waals surface area contributed by atoms with Crippen molar-refractivity contribution >= 4 is 5.78 Å². The van der Waals surface area contributed by atoms with E-state index in [0.717, 1.165) is 25.7 Å². The van der Waals surface area contributed by atoms with Gasteiger partial charge in [0.05, 0.1) is 0 Å². The molecule has 2 rings (SSSR count). The zero-order valence-corrected chi connectivity index (χ0v) is 8.62. The summed E-state index contributed by atoms with van der Waals surface area (Å²) in [7, 11) is 0. The quantitative estimate of drug-likeness (QED) is 0.697. The smallest absolute Gasteiger partial charge is 0.136 e. The number of rotatable bonds is 2. The molecular weight excluding hydrogens is 172 g/mol. The van der Waals surface area contributed by atoms with Gasteiger partial charge in [-0.3, -0.25) is 4.79 Å². The Labute approximate surface area is 85.1 Å². The highest BCUT2D eigenvalue weighted by molar-refractivity contribution is 5.83. The van der Waals surface area contributed by atoms with Crippen LogP contribution in [0.1, 0.15) is 30.4 Å². The predicted octanol–water partition coefficient (Wildman–Crippen LogP) is 2.91. The van der Waals surface area contributed by atoms with Gasteiger partial charge in [-0.2, -0.15) is 0 Å². The minimum absolute atomic E-state index is 0.303. The first-order valence-electron chi connectivity index (χ1n) is 5.34. The normalized spacial score (nSPS) is 21.5. The zero-order valence-electron chi connectivity index (χ0n) is 8.62. The van der Waals surface area contributed by atoms with Crippen LogP contribution in [0, 0.1) is 12.8 Å². The van der Waals surface area contributed by atoms with Crippen molar-refractivity contribution in [1.82, 2.24) is 0 Å². The molecule has 1 nitrogen and oxygen atoms in total. The first kappa shape index (κ1) is 9.45. The maximum Gasteiger partial charge on any atom is 0.136 e. The Hall–Kier alpha value is -1.11. The van der Waals surface area contributed by atoms with Gasteiger partial charge in [0.15, 0.2) is 0 Å². The van der Waals surface area contributed by atoms with Crippen LogP contribution >= 0.6 is 0 Å². The number of benzene rings is 1. The van der Waals surface area contributed by atoms with Crippen molar-refractivity contribution in [2.45, 2.75) is 32.6 Å². The molecule has 1 aromatic rings. The van der Waals surface area contributed by atoms with Crippen LogP contribution in [0.2, 0.25) is 0 Å². The van der Waals surface area contributed by atoms with Gasteiger partial charge in [-0.1, -0.05) is 29.8 Å². The summed E-state index contributed by atoms with van der Waals surface area (Å²) in [6, 6.07) is 8.52. The van der Waals surface area contributed by atoms with Gasteiger partial charge in [0.2, 0.25) is 0 Å². The second-order valence-electron chi connectivity index (χ2n) is 4.25. The predicted molar refractivity (Wildman–Crippen MR) is 57.2 cm³/mol. The van der Waals surface area contributed by atoms with Crippen molar-refractivity contribution in [3.63, 3.8) is 0 Å². The second-order valence-corrected chi connectivity index (χ2v) is 4.25. The molecule has 0 aromatic heterocycles. The maximum absolute atomic E-state index is 11.4. The molecule has 74 valence electrons. The Morgan fingerprint density at radius 1 is 1.29 bits per heavy atom. The highest BCUT2D eigenvalue weighted by Gasteiger charge is 2.23. The number of hydrogen-bond donors (Lipinski definition) is 0. The van der Waals surface area contributed by atoms with E-state index in [1.54, 1.807) is 0 Å². The van der Waals surface area contributed by atoms with E-state index in [0.29, 0.717) is 11.7 Å². The Morgan fingerprint density at radius 2 is 2.00 bits per heavy atom. The van der Waals surface area contributed by atoms with Crippen LogP contribution in [-0.4, -0.2) is 5.78 Å². The number of aryl methyl sites for hydroxylation is 1. The minimum Gasteiger partial charge on any atom is -0.299 e. The Morgan fingerprint density at radius 3 is 2.57 bits per heavy atom. The van der Waals surface area contributed by atoms with E-state index in [1.807, 2.05) is 0 Å². The van der Waals surface area contributed by atoms with Crippen molar-refractivity contribution in [2.75, 3.05) is 0 Å². The van der Waals surface area contributed by atoms with E-state index in [4.69, 9.17) is 0 Å². The summed E-state index contributed by atoms with van der Waals surface area (Å²) >= 11 is 0. The molecule has 0 aliphatic heterocycles. The summed E-state index contributed by atoms with van der Waals surface area (Å²) in [4.78, 5) is 11.4. The average Bonchev–Trinajstić information content (AvgIpc) is 2.56. The van der Waals surface area contributed by atoms with Crippen LogP contribution in [0.3, 0.4) is 0 Å². The third-order valence-corrected chi connectivity index (χ3v) is 3.03. The first-order chi connectivity index (χ1) is 6.75. The van der Waals surface area contributed by atoms with Gasteiger partial charge < -0.3 is 0 Å². The molecule has 1 atom stereocenters. The number of carbonyl (C=O) groups excluding carboxylic acids is 1. The maximum atomic E-state index is 11.4. The Balaban J connectivity index is 2.03. The number of ketones is 1. The molecular formula is C13H16O. The van der Waals surface area contributed by atoms with Crippen LogP contribution in [-0.2, 0) is 11.2 Å². The summed E-state index contributed by atoms with van der Waals surface area (Å²) in [5.41, 5.74) is 2.59. The molecule has 0 amide bonds. The summed E-state index contributed by atoms with van der Waals surface area (Å²) in [6.45, 7) is 2.09. The van der Waals surface area contributed by atoms with Crippen molar-refractivity contribution in [2.24, 2.45) is 5.92 Å². The topological polar surface area (TPSA) is 17.1 Å². The van der Waals surface area contributed by atoms with Gasteiger partial charge in [-0.25, -0.2) is 0 Å². The van der Waals surface area contributed by atoms with Crippen molar-refractivity contribution in [3.05, 3.63) is 35.4 Å². The molecule has 1 saturated carbocycles. The van der Waals surface area contributed by atoms with Crippen molar-refractivity contribution < 1.29 is 4.79 Å². The summed E-state index contributed by atoms with van der Waals surface area (Å²) in [5.74, 6) is 0.767. The van der Waals surface area contributed by atoms with Gasteiger partial charge in [0, 0.05) is 12.3 Å². The van der Waals surface area contributed by atoms with Gasteiger partial charge in [-0.15, -0.1) is 0 Å². The third-order valence-electron chi connectivity index (χ3n) is 3.03. The molecule has 14 heavy (non-hydrogen) atoms. The van der Waals surface area contributed by atoms with E-state index in [1.165, 1.54) is 11.1 Å². The lowest BCUT2D eigenvalue weighted by Gasteiger charge is -2.07. The average molecular weight is 188 g/mol. The molecule has 1 fully saturated rings. The summed E-state index contributed by atoms with van der Waals surface area (Å²) < 4.78 is 0. The second kappa shape index (κ2) is 3.95. The molecule has 1 unspecified atom stereocenters. The van der Waals surface area contributed by atoms with E-state index in [2.05, 4.69) is 31.2 Å². The molecule has 0 bridgehead atoms. The SMILES string of the molecule is Cc1ccc(CC2CCCC2=O)cc1. The molecule has 1 aliphatic carbocycles. The van der Waals surface area contributed by atoms with Crippen molar-refractivity contribution in [1.29, 1.82) is 0 Å². The van der Waals surface area contributed by atoms with E-state index >= 15 is 0 Å². The molecule has 0 spiro atoms.